The lowest BCUT2D eigenvalue weighted by atomic mass is 10.2. The van der Waals surface area contributed by atoms with Crippen molar-refractivity contribution in [1.29, 1.82) is 0 Å². The summed E-state index contributed by atoms with van der Waals surface area (Å²) in [7, 11) is 3.44. The molecule has 2 N–H and O–H groups in total. The summed E-state index contributed by atoms with van der Waals surface area (Å²) in [6.45, 7) is 13.4. The molecule has 0 aliphatic rings. The van der Waals surface area contributed by atoms with Crippen LogP contribution in [-0.2, 0) is 11.3 Å². The number of likely N-dealkylation sites (N-methyl/N-ethyl adjacent to an activating group) is 1. The number of nitrogens with one attached hydrogen (secondary N) is 2. The number of guanidine groups is 1. The Balaban J connectivity index is 2.58. The van der Waals surface area contributed by atoms with Crippen LogP contribution in [0.5, 0.6) is 5.75 Å². The molecule has 0 saturated carbocycles. The van der Waals surface area contributed by atoms with Gasteiger partial charge in [-0.3, -0.25) is 4.79 Å². The van der Waals surface area contributed by atoms with Crippen molar-refractivity contribution in [2.75, 3.05) is 46.9 Å². The Kier molecular flexibility index (Phi) is 12.6. The molecule has 0 spiro atoms. The van der Waals surface area contributed by atoms with Crippen LogP contribution in [0.25, 0.3) is 0 Å². The van der Waals surface area contributed by atoms with Crippen LogP contribution < -0.4 is 15.4 Å². The number of amides is 1. The van der Waals surface area contributed by atoms with E-state index in [0.717, 1.165) is 44.1 Å². The van der Waals surface area contributed by atoms with Gasteiger partial charge < -0.3 is 25.2 Å². The van der Waals surface area contributed by atoms with E-state index in [-0.39, 0.29) is 12.5 Å². The van der Waals surface area contributed by atoms with Gasteiger partial charge in [0.1, 0.15) is 5.75 Å². The van der Waals surface area contributed by atoms with E-state index >= 15 is 0 Å². The zero-order valence-electron chi connectivity index (χ0n) is 19.7. The Morgan fingerprint density at radius 2 is 1.93 bits per heavy atom. The highest BCUT2D eigenvalue weighted by atomic mass is 16.5. The van der Waals surface area contributed by atoms with E-state index in [1.54, 1.807) is 14.1 Å². The minimum Gasteiger partial charge on any atom is -0.484 e. The van der Waals surface area contributed by atoms with Crippen LogP contribution in [-0.4, -0.2) is 74.6 Å². The number of hydrogen-bond acceptors (Lipinski definition) is 4. The Labute approximate surface area is 182 Å². The number of carbonyl (C=O) groups excluding carboxylic acids is 1. The van der Waals surface area contributed by atoms with E-state index < -0.39 is 0 Å². The molecule has 0 heterocycles. The van der Waals surface area contributed by atoms with Gasteiger partial charge in [0, 0.05) is 26.7 Å². The molecule has 0 fully saturated rings. The molecule has 0 aliphatic heterocycles. The quantitative estimate of drug-likeness (QED) is 0.380. The number of carbonyl (C=O) groups is 1. The monoisotopic (exact) mass is 419 g/mol. The van der Waals surface area contributed by atoms with E-state index in [0.29, 0.717) is 18.3 Å². The summed E-state index contributed by atoms with van der Waals surface area (Å²) in [6, 6.07) is 8.09. The van der Waals surface area contributed by atoms with Crippen LogP contribution in [0.15, 0.2) is 29.3 Å². The van der Waals surface area contributed by atoms with Crippen molar-refractivity contribution in [2.45, 2.75) is 53.1 Å². The average molecular weight is 420 g/mol. The van der Waals surface area contributed by atoms with Crippen molar-refractivity contribution < 1.29 is 9.53 Å². The lowest BCUT2D eigenvalue weighted by molar-refractivity contribution is -0.130. The van der Waals surface area contributed by atoms with Crippen molar-refractivity contribution in [2.24, 2.45) is 4.99 Å². The maximum atomic E-state index is 11.7. The standard InChI is InChI=1S/C23H41N5O2/c1-7-24-23(26-19(4)12-11-15-28(8-2)9-3)25-17-20-13-10-14-21(16-20)30-18-22(29)27(5)6/h10,13-14,16,19H,7-9,11-12,15,17-18H2,1-6H3,(H2,24,25,26). The Morgan fingerprint density at radius 3 is 2.57 bits per heavy atom. The van der Waals surface area contributed by atoms with Gasteiger partial charge in [0.2, 0.25) is 0 Å². The maximum absolute atomic E-state index is 11.7. The molecule has 1 aromatic carbocycles. The lowest BCUT2D eigenvalue weighted by Crippen LogP contribution is -2.42. The molecule has 7 heteroatoms. The van der Waals surface area contributed by atoms with Gasteiger partial charge in [0.25, 0.3) is 5.91 Å². The lowest BCUT2D eigenvalue weighted by Gasteiger charge is -2.21. The third-order valence-corrected chi connectivity index (χ3v) is 4.91. The summed E-state index contributed by atoms with van der Waals surface area (Å²) >= 11 is 0. The van der Waals surface area contributed by atoms with Gasteiger partial charge in [0.15, 0.2) is 12.6 Å². The second-order valence-electron chi connectivity index (χ2n) is 7.63. The first-order chi connectivity index (χ1) is 14.4. The highest BCUT2D eigenvalue weighted by molar-refractivity contribution is 5.80. The zero-order valence-corrected chi connectivity index (χ0v) is 19.7. The van der Waals surface area contributed by atoms with Crippen LogP contribution in [0.1, 0.15) is 46.1 Å². The van der Waals surface area contributed by atoms with Crippen molar-refractivity contribution in [3.05, 3.63) is 29.8 Å². The van der Waals surface area contributed by atoms with Crippen LogP contribution in [0, 0.1) is 0 Å². The number of nitrogens with zero attached hydrogens (tertiary/aromatic N) is 3. The SMILES string of the molecule is CCNC(=NCc1cccc(OCC(=O)N(C)C)c1)NC(C)CCCN(CC)CC. The first-order valence-electron chi connectivity index (χ1n) is 11.1. The molecule has 1 rings (SSSR count). The molecule has 1 amide bonds. The molecular weight excluding hydrogens is 378 g/mol. The molecule has 0 aromatic heterocycles. The predicted molar refractivity (Wildman–Crippen MR) is 125 cm³/mol. The van der Waals surface area contributed by atoms with Gasteiger partial charge in [-0.1, -0.05) is 26.0 Å². The Morgan fingerprint density at radius 1 is 1.20 bits per heavy atom. The van der Waals surface area contributed by atoms with E-state index in [1.165, 1.54) is 11.3 Å². The topological polar surface area (TPSA) is 69.2 Å². The van der Waals surface area contributed by atoms with Crippen LogP contribution in [0.4, 0.5) is 0 Å². The smallest absolute Gasteiger partial charge is 0.259 e. The molecule has 30 heavy (non-hydrogen) atoms. The summed E-state index contributed by atoms with van der Waals surface area (Å²) in [5.41, 5.74) is 1.04. The third kappa shape index (κ3) is 10.5. The van der Waals surface area contributed by atoms with E-state index in [2.05, 4.69) is 43.2 Å². The fourth-order valence-corrected chi connectivity index (χ4v) is 2.96. The summed E-state index contributed by atoms with van der Waals surface area (Å²) in [5.74, 6) is 1.44. The maximum Gasteiger partial charge on any atom is 0.259 e. The molecule has 170 valence electrons. The first kappa shape index (κ1) is 25.8. The molecule has 1 unspecified atom stereocenters. The minimum atomic E-state index is -0.0629. The number of aliphatic imine (C=N–C) groups is 1. The second kappa shape index (κ2) is 14.7. The Hall–Kier alpha value is -2.28. The van der Waals surface area contributed by atoms with E-state index in [1.807, 2.05) is 24.3 Å². The molecule has 1 aromatic rings. The van der Waals surface area contributed by atoms with E-state index in [9.17, 15) is 4.79 Å². The molecule has 0 aliphatic carbocycles. The summed E-state index contributed by atoms with van der Waals surface area (Å²) in [6.07, 6.45) is 2.27. The minimum absolute atomic E-state index is 0.0366. The highest BCUT2D eigenvalue weighted by Gasteiger charge is 2.08. The summed E-state index contributed by atoms with van der Waals surface area (Å²) in [4.78, 5) is 20.4. The normalized spacial score (nSPS) is 12.6. The van der Waals surface area contributed by atoms with E-state index in [4.69, 9.17) is 9.73 Å². The van der Waals surface area contributed by atoms with Crippen molar-refractivity contribution in [3.8, 4) is 5.75 Å². The van der Waals surface area contributed by atoms with Gasteiger partial charge in [-0.25, -0.2) is 4.99 Å². The summed E-state index contributed by atoms with van der Waals surface area (Å²) in [5, 5.41) is 6.82. The van der Waals surface area contributed by atoms with Gasteiger partial charge in [-0.05, 0) is 64.0 Å². The van der Waals surface area contributed by atoms with Gasteiger partial charge in [-0.15, -0.1) is 0 Å². The van der Waals surface area contributed by atoms with Gasteiger partial charge in [0.05, 0.1) is 6.54 Å². The molecular formula is C23H41N5O2. The first-order valence-corrected chi connectivity index (χ1v) is 11.1. The van der Waals surface area contributed by atoms with Gasteiger partial charge >= 0.3 is 0 Å². The molecule has 0 bridgehead atoms. The highest BCUT2D eigenvalue weighted by Crippen LogP contribution is 2.14. The van der Waals surface area contributed by atoms with Crippen molar-refractivity contribution in [1.82, 2.24) is 20.4 Å². The summed E-state index contributed by atoms with van der Waals surface area (Å²) < 4.78 is 5.60. The molecule has 7 nitrogen and oxygen atoms in total. The fraction of sp³-hybridized carbons (Fsp3) is 0.652. The number of hydrogen-bond donors (Lipinski definition) is 2. The van der Waals surface area contributed by atoms with Crippen LogP contribution in [0.3, 0.4) is 0 Å². The molecule has 1 atom stereocenters. The fourth-order valence-electron chi connectivity index (χ4n) is 2.96. The van der Waals surface area contributed by atoms with Crippen molar-refractivity contribution in [3.63, 3.8) is 0 Å². The second-order valence-corrected chi connectivity index (χ2v) is 7.63. The van der Waals surface area contributed by atoms with Crippen LogP contribution in [0.2, 0.25) is 0 Å². The molecule has 0 radical (unpaired) electrons. The number of benzene rings is 1. The number of rotatable bonds is 13. The zero-order chi connectivity index (χ0) is 22.4. The largest absolute Gasteiger partial charge is 0.484 e. The van der Waals surface area contributed by atoms with Gasteiger partial charge in [-0.2, -0.15) is 0 Å². The molecule has 0 saturated heterocycles. The van der Waals surface area contributed by atoms with Crippen LogP contribution >= 0.6 is 0 Å². The average Bonchev–Trinajstić information content (AvgIpc) is 2.73. The number of ether oxygens (including phenoxy) is 1. The predicted octanol–water partition coefficient (Wildman–Crippen LogP) is 2.72. The van der Waals surface area contributed by atoms with Crippen molar-refractivity contribution >= 4 is 11.9 Å². The third-order valence-electron chi connectivity index (χ3n) is 4.91. The Bertz CT molecular complexity index is 644.